The van der Waals surface area contributed by atoms with Gasteiger partial charge in [-0.3, -0.25) is 14.4 Å². The van der Waals surface area contributed by atoms with Crippen molar-refractivity contribution in [1.29, 1.82) is 0 Å². The maximum absolute atomic E-state index is 13.8. The first-order chi connectivity index (χ1) is 20.8. The molecule has 1 fully saturated rings. The topological polar surface area (TPSA) is 179 Å². The fraction of sp³-hybridized carbons (Fsp3) is 0.567. The molecule has 242 valence electrons. The second kappa shape index (κ2) is 15.9. The number of rotatable bonds is 14. The largest absolute Gasteiger partial charge is 0.465 e. The van der Waals surface area contributed by atoms with Crippen LogP contribution in [0.1, 0.15) is 51.4 Å². The number of carbonyl (C=O) groups is 4. The second-order valence-electron chi connectivity index (χ2n) is 11.8. The minimum absolute atomic E-state index is 0.0266. The molecular formula is C30H43N5O8S. The van der Waals surface area contributed by atoms with E-state index in [9.17, 15) is 24.3 Å². The number of aryl methyl sites for hydroxylation is 1. The van der Waals surface area contributed by atoms with Crippen LogP contribution < -0.4 is 16.0 Å². The molecule has 1 aromatic carbocycles. The first-order valence-corrected chi connectivity index (χ1v) is 15.4. The Morgan fingerprint density at radius 2 is 1.77 bits per heavy atom. The third-order valence-corrected chi connectivity index (χ3v) is 8.17. The maximum atomic E-state index is 13.8. The normalized spacial score (nSPS) is 18.0. The zero-order valence-corrected chi connectivity index (χ0v) is 26.6. The van der Waals surface area contributed by atoms with Crippen molar-refractivity contribution in [3.8, 4) is 10.4 Å². The average Bonchev–Trinajstić information content (AvgIpc) is 3.57. The predicted octanol–water partition coefficient (Wildman–Crippen LogP) is 2.09. The van der Waals surface area contributed by atoms with E-state index in [2.05, 4.69) is 20.9 Å². The van der Waals surface area contributed by atoms with Crippen molar-refractivity contribution in [3.63, 3.8) is 0 Å². The number of benzene rings is 1. The Bertz CT molecular complexity index is 1280. The molecule has 0 bridgehead atoms. The van der Waals surface area contributed by atoms with Gasteiger partial charge in [0.25, 0.3) is 0 Å². The molecule has 14 heteroatoms. The highest BCUT2D eigenvalue weighted by molar-refractivity contribution is 7.13. The summed E-state index contributed by atoms with van der Waals surface area (Å²) >= 11 is 1.57. The molecule has 3 rings (SSSR count). The Morgan fingerprint density at radius 1 is 1.09 bits per heavy atom. The standard InChI is InChI=1S/C30H43N5O8S/c1-18(20-6-8-21(9-7-20)25-19(2)32-17-44-25)33-27(38)23-14-22(36)15-35(23)28(39)26(30(3,4)5)34-24(37)16-43-13-12-42-11-10-31-29(40)41/h6-9,17-18,22-23,26,31,36H,10-16H2,1-5H3,(H,33,38)(H,34,37)(H,40,41)/t18-,22+,23-,26?/m0/s1. The summed E-state index contributed by atoms with van der Waals surface area (Å²) in [5, 5.41) is 26.9. The number of ether oxygens (including phenoxy) is 2. The highest BCUT2D eigenvalue weighted by Gasteiger charge is 2.44. The SMILES string of the molecule is Cc1ncsc1-c1ccc([C@H](C)NC(=O)[C@@H]2C[C@@H](O)CN2C(=O)C(NC(=O)COCCOCCNC(=O)O)C(C)(C)C)cc1. The Kier molecular flexibility index (Phi) is 12.6. The number of likely N-dealkylation sites (tertiary alicyclic amines) is 1. The quantitative estimate of drug-likeness (QED) is 0.195. The van der Waals surface area contributed by atoms with Gasteiger partial charge >= 0.3 is 6.09 Å². The number of β-amino-alcohol motifs (C(OH)–C–C–N with tert-alkyl or cyclic N) is 1. The number of aliphatic hydroxyl groups is 1. The van der Waals surface area contributed by atoms with Crippen LogP contribution in [0.25, 0.3) is 10.4 Å². The van der Waals surface area contributed by atoms with Crippen molar-refractivity contribution in [1.82, 2.24) is 25.8 Å². The molecule has 44 heavy (non-hydrogen) atoms. The number of hydrogen-bond donors (Lipinski definition) is 5. The fourth-order valence-corrected chi connectivity index (χ4v) is 5.64. The van der Waals surface area contributed by atoms with Crippen LogP contribution in [0.3, 0.4) is 0 Å². The molecule has 0 spiro atoms. The summed E-state index contributed by atoms with van der Waals surface area (Å²) in [5.41, 5.74) is 4.00. The monoisotopic (exact) mass is 633 g/mol. The van der Waals surface area contributed by atoms with Crippen molar-refractivity contribution in [2.45, 2.75) is 65.3 Å². The number of carbonyl (C=O) groups excluding carboxylic acids is 3. The lowest BCUT2D eigenvalue weighted by atomic mass is 9.85. The molecule has 5 N–H and O–H groups in total. The third-order valence-electron chi connectivity index (χ3n) is 7.19. The molecule has 1 unspecified atom stereocenters. The van der Waals surface area contributed by atoms with Crippen molar-refractivity contribution in [3.05, 3.63) is 41.0 Å². The summed E-state index contributed by atoms with van der Waals surface area (Å²) in [6, 6.07) is 5.65. The van der Waals surface area contributed by atoms with Crippen molar-refractivity contribution in [2.75, 3.05) is 39.5 Å². The van der Waals surface area contributed by atoms with E-state index in [0.717, 1.165) is 21.7 Å². The Labute approximate surface area is 261 Å². The van der Waals surface area contributed by atoms with Gasteiger partial charge < -0.3 is 40.5 Å². The minimum atomic E-state index is -1.14. The van der Waals surface area contributed by atoms with Crippen LogP contribution in [0.15, 0.2) is 29.8 Å². The van der Waals surface area contributed by atoms with Gasteiger partial charge in [0.15, 0.2) is 0 Å². The van der Waals surface area contributed by atoms with Crippen LogP contribution in [0.2, 0.25) is 0 Å². The smallest absolute Gasteiger partial charge is 0.404 e. The average molecular weight is 634 g/mol. The highest BCUT2D eigenvalue weighted by atomic mass is 32.1. The van der Waals surface area contributed by atoms with Gasteiger partial charge in [-0.05, 0) is 30.4 Å². The van der Waals surface area contributed by atoms with E-state index in [1.54, 1.807) is 37.6 Å². The molecule has 2 heterocycles. The molecule has 0 saturated carbocycles. The van der Waals surface area contributed by atoms with Crippen molar-refractivity contribution in [2.24, 2.45) is 5.41 Å². The second-order valence-corrected chi connectivity index (χ2v) is 12.6. The number of nitrogens with zero attached hydrogens (tertiary/aromatic N) is 2. The van der Waals surface area contributed by atoms with Crippen molar-refractivity contribution < 1.29 is 38.9 Å². The number of aliphatic hydroxyl groups excluding tert-OH is 1. The number of nitrogens with one attached hydrogen (secondary N) is 3. The van der Waals surface area contributed by atoms with Crippen molar-refractivity contribution >= 4 is 35.2 Å². The lowest BCUT2D eigenvalue weighted by Crippen LogP contribution is -2.58. The van der Waals surface area contributed by atoms with E-state index in [4.69, 9.17) is 14.6 Å². The number of thiazole rings is 1. The molecule has 1 aliphatic rings. The molecule has 0 radical (unpaired) electrons. The van der Waals surface area contributed by atoms with E-state index in [1.165, 1.54) is 4.90 Å². The van der Waals surface area contributed by atoms with Crippen LogP contribution in [-0.4, -0.2) is 102 Å². The molecular weight excluding hydrogens is 590 g/mol. The molecule has 4 amide bonds. The number of hydrogen-bond acceptors (Lipinski definition) is 9. The number of carboxylic acid groups (broad SMARTS) is 1. The fourth-order valence-electron chi connectivity index (χ4n) is 4.83. The Balaban J connectivity index is 1.57. The van der Waals surface area contributed by atoms with E-state index < -0.39 is 41.5 Å². The van der Waals surface area contributed by atoms with Crippen LogP contribution in [-0.2, 0) is 23.9 Å². The van der Waals surface area contributed by atoms with Crippen LogP contribution in [0, 0.1) is 12.3 Å². The summed E-state index contributed by atoms with van der Waals surface area (Å²) in [6.45, 7) is 9.44. The van der Waals surface area contributed by atoms with Crippen LogP contribution in [0.4, 0.5) is 4.79 Å². The van der Waals surface area contributed by atoms with E-state index in [0.29, 0.717) is 0 Å². The van der Waals surface area contributed by atoms with E-state index in [-0.39, 0.29) is 57.9 Å². The van der Waals surface area contributed by atoms with Gasteiger partial charge in [-0.2, -0.15) is 0 Å². The van der Waals surface area contributed by atoms with Gasteiger partial charge in [-0.1, -0.05) is 45.0 Å². The minimum Gasteiger partial charge on any atom is -0.465 e. The molecule has 1 saturated heterocycles. The molecule has 0 aliphatic carbocycles. The zero-order valence-electron chi connectivity index (χ0n) is 25.8. The molecule has 2 aromatic rings. The van der Waals surface area contributed by atoms with Gasteiger partial charge in [0.2, 0.25) is 17.7 Å². The molecule has 1 aromatic heterocycles. The van der Waals surface area contributed by atoms with Crippen LogP contribution in [0.5, 0.6) is 0 Å². The van der Waals surface area contributed by atoms with Crippen LogP contribution >= 0.6 is 11.3 Å². The summed E-state index contributed by atoms with van der Waals surface area (Å²) in [5.74, 6) is -1.36. The Morgan fingerprint density at radius 3 is 2.39 bits per heavy atom. The van der Waals surface area contributed by atoms with Gasteiger partial charge in [0.1, 0.15) is 18.7 Å². The number of amides is 4. The molecule has 4 atom stereocenters. The first-order valence-electron chi connectivity index (χ1n) is 14.5. The summed E-state index contributed by atoms with van der Waals surface area (Å²) in [7, 11) is 0. The third kappa shape index (κ3) is 9.97. The van der Waals surface area contributed by atoms with E-state index in [1.807, 2.05) is 38.1 Å². The lowest BCUT2D eigenvalue weighted by Gasteiger charge is -2.35. The van der Waals surface area contributed by atoms with Gasteiger partial charge in [-0.15, -0.1) is 11.3 Å². The highest BCUT2D eigenvalue weighted by Crippen LogP contribution is 2.29. The summed E-state index contributed by atoms with van der Waals surface area (Å²) in [4.78, 5) is 57.0. The zero-order chi connectivity index (χ0) is 32.4. The molecule has 1 aliphatic heterocycles. The van der Waals surface area contributed by atoms with Gasteiger partial charge in [-0.25, -0.2) is 9.78 Å². The van der Waals surface area contributed by atoms with Gasteiger partial charge in [0, 0.05) is 19.5 Å². The lowest BCUT2D eigenvalue weighted by molar-refractivity contribution is -0.144. The maximum Gasteiger partial charge on any atom is 0.404 e. The summed E-state index contributed by atoms with van der Waals surface area (Å²) < 4.78 is 10.6. The Hall–Kier alpha value is -3.59. The summed E-state index contributed by atoms with van der Waals surface area (Å²) in [6.07, 6.45) is -1.93. The molecule has 13 nitrogen and oxygen atoms in total. The predicted molar refractivity (Wildman–Crippen MR) is 164 cm³/mol. The number of aromatic nitrogens is 1. The van der Waals surface area contributed by atoms with E-state index >= 15 is 0 Å². The van der Waals surface area contributed by atoms with Gasteiger partial charge in [0.05, 0.1) is 48.0 Å². The first kappa shape index (κ1) is 34.9.